The minimum Gasteiger partial charge on any atom is -0.310 e. The lowest BCUT2D eigenvalue weighted by Crippen LogP contribution is -2.21. The van der Waals surface area contributed by atoms with Gasteiger partial charge in [-0.1, -0.05) is 26.0 Å². The first-order valence-electron chi connectivity index (χ1n) is 6.06. The molecule has 0 bridgehead atoms. The molecule has 2 rings (SSSR count). The maximum absolute atomic E-state index is 13.1. The van der Waals surface area contributed by atoms with Crippen LogP contribution in [0.1, 0.15) is 44.7 Å². The summed E-state index contributed by atoms with van der Waals surface area (Å²) in [4.78, 5) is 0. The Bertz CT molecular complexity index is 360. The van der Waals surface area contributed by atoms with Gasteiger partial charge in [0.2, 0.25) is 0 Å². The molecule has 1 aromatic carbocycles. The SMILES string of the molecule is CC1(C)CCNC(c2cccc(F)c2)CC1. The van der Waals surface area contributed by atoms with Crippen LogP contribution in [0.2, 0.25) is 0 Å². The van der Waals surface area contributed by atoms with Gasteiger partial charge in [0.05, 0.1) is 0 Å². The molecule has 16 heavy (non-hydrogen) atoms. The Morgan fingerprint density at radius 3 is 2.88 bits per heavy atom. The van der Waals surface area contributed by atoms with Crippen molar-refractivity contribution < 1.29 is 4.39 Å². The molecule has 0 aliphatic carbocycles. The molecule has 1 unspecified atom stereocenters. The molecule has 0 saturated carbocycles. The summed E-state index contributed by atoms with van der Waals surface area (Å²) in [6.45, 7) is 5.64. The number of hydrogen-bond donors (Lipinski definition) is 1. The van der Waals surface area contributed by atoms with Crippen LogP contribution >= 0.6 is 0 Å². The van der Waals surface area contributed by atoms with Gasteiger partial charge in [0.1, 0.15) is 5.82 Å². The Kier molecular flexibility index (Phi) is 3.29. The van der Waals surface area contributed by atoms with E-state index in [2.05, 4.69) is 19.2 Å². The van der Waals surface area contributed by atoms with Crippen molar-refractivity contribution in [3.05, 3.63) is 35.6 Å². The number of hydrogen-bond acceptors (Lipinski definition) is 1. The fourth-order valence-electron chi connectivity index (χ4n) is 2.35. The van der Waals surface area contributed by atoms with Crippen molar-refractivity contribution in [2.75, 3.05) is 6.54 Å². The van der Waals surface area contributed by atoms with Gasteiger partial charge in [-0.15, -0.1) is 0 Å². The van der Waals surface area contributed by atoms with Gasteiger partial charge in [0, 0.05) is 6.04 Å². The smallest absolute Gasteiger partial charge is 0.123 e. The maximum atomic E-state index is 13.1. The van der Waals surface area contributed by atoms with Crippen LogP contribution in [0.4, 0.5) is 4.39 Å². The number of nitrogens with one attached hydrogen (secondary N) is 1. The molecule has 88 valence electrons. The third kappa shape index (κ3) is 2.82. The molecule has 2 heteroatoms. The molecule has 1 atom stereocenters. The largest absolute Gasteiger partial charge is 0.310 e. The Morgan fingerprint density at radius 2 is 2.12 bits per heavy atom. The van der Waals surface area contributed by atoms with Crippen molar-refractivity contribution in [3.8, 4) is 0 Å². The Morgan fingerprint density at radius 1 is 1.31 bits per heavy atom. The van der Waals surface area contributed by atoms with Crippen LogP contribution in [0.25, 0.3) is 0 Å². The third-order valence-corrected chi connectivity index (χ3v) is 3.55. The Labute approximate surface area is 97.1 Å². The summed E-state index contributed by atoms with van der Waals surface area (Å²) in [5.74, 6) is -0.136. The fourth-order valence-corrected chi connectivity index (χ4v) is 2.35. The molecule has 1 nitrogen and oxygen atoms in total. The molecule has 0 aromatic heterocycles. The van der Waals surface area contributed by atoms with E-state index in [-0.39, 0.29) is 5.82 Å². The second-order valence-electron chi connectivity index (χ2n) is 5.51. The quantitative estimate of drug-likeness (QED) is 0.763. The van der Waals surface area contributed by atoms with Crippen molar-refractivity contribution >= 4 is 0 Å². The van der Waals surface area contributed by atoms with E-state index in [4.69, 9.17) is 0 Å². The summed E-state index contributed by atoms with van der Waals surface area (Å²) in [6.07, 6.45) is 3.48. The summed E-state index contributed by atoms with van der Waals surface area (Å²) in [6, 6.07) is 7.28. The molecular weight excluding hydrogens is 201 g/mol. The topological polar surface area (TPSA) is 12.0 Å². The highest BCUT2D eigenvalue weighted by Gasteiger charge is 2.24. The zero-order chi connectivity index (χ0) is 11.6. The lowest BCUT2D eigenvalue weighted by atomic mass is 9.84. The van der Waals surface area contributed by atoms with Crippen LogP contribution in [0.5, 0.6) is 0 Å². The van der Waals surface area contributed by atoms with Crippen LogP contribution in [0.3, 0.4) is 0 Å². The summed E-state index contributed by atoms with van der Waals surface area (Å²) < 4.78 is 13.1. The van der Waals surface area contributed by atoms with Gasteiger partial charge in [0.15, 0.2) is 0 Å². The van der Waals surface area contributed by atoms with E-state index in [1.165, 1.54) is 18.9 Å². The van der Waals surface area contributed by atoms with E-state index < -0.39 is 0 Å². The molecule has 0 amide bonds. The van der Waals surface area contributed by atoms with Crippen molar-refractivity contribution in [2.24, 2.45) is 5.41 Å². The van der Waals surface area contributed by atoms with Gasteiger partial charge in [-0.25, -0.2) is 4.39 Å². The van der Waals surface area contributed by atoms with Crippen LogP contribution < -0.4 is 5.32 Å². The molecule has 0 spiro atoms. The summed E-state index contributed by atoms with van der Waals surface area (Å²) in [5.41, 5.74) is 1.49. The molecule has 1 N–H and O–H groups in total. The predicted octanol–water partition coefficient (Wildman–Crippen LogP) is 3.67. The summed E-state index contributed by atoms with van der Waals surface area (Å²) >= 11 is 0. The first-order chi connectivity index (χ1) is 7.57. The highest BCUT2D eigenvalue weighted by Crippen LogP contribution is 2.33. The first kappa shape index (κ1) is 11.6. The van der Waals surface area contributed by atoms with Gasteiger partial charge in [-0.2, -0.15) is 0 Å². The molecule has 1 aliphatic rings. The first-order valence-corrected chi connectivity index (χ1v) is 6.06. The monoisotopic (exact) mass is 221 g/mol. The average Bonchev–Trinajstić information content (AvgIpc) is 2.39. The van der Waals surface area contributed by atoms with Crippen molar-refractivity contribution in [1.29, 1.82) is 0 Å². The predicted molar refractivity (Wildman–Crippen MR) is 64.8 cm³/mol. The number of halogens is 1. The van der Waals surface area contributed by atoms with Crippen molar-refractivity contribution in [3.63, 3.8) is 0 Å². The zero-order valence-electron chi connectivity index (χ0n) is 10.1. The highest BCUT2D eigenvalue weighted by molar-refractivity contribution is 5.20. The van der Waals surface area contributed by atoms with Crippen LogP contribution in [0, 0.1) is 11.2 Å². The fraction of sp³-hybridized carbons (Fsp3) is 0.571. The van der Waals surface area contributed by atoms with Crippen molar-refractivity contribution in [1.82, 2.24) is 5.32 Å². The van der Waals surface area contributed by atoms with E-state index in [1.807, 2.05) is 6.07 Å². The minimum atomic E-state index is -0.136. The Balaban J connectivity index is 2.11. The van der Waals surface area contributed by atoms with E-state index in [1.54, 1.807) is 12.1 Å². The zero-order valence-corrected chi connectivity index (χ0v) is 10.1. The third-order valence-electron chi connectivity index (χ3n) is 3.55. The molecule has 1 fully saturated rings. The summed E-state index contributed by atoms with van der Waals surface area (Å²) in [7, 11) is 0. The maximum Gasteiger partial charge on any atom is 0.123 e. The number of rotatable bonds is 1. The van der Waals surface area contributed by atoms with E-state index >= 15 is 0 Å². The standard InChI is InChI=1S/C14H20FN/c1-14(2)7-6-13(16-9-8-14)11-4-3-5-12(15)10-11/h3-5,10,13,16H,6-9H2,1-2H3. The highest BCUT2D eigenvalue weighted by atomic mass is 19.1. The van der Waals surface area contributed by atoms with Gasteiger partial charge >= 0.3 is 0 Å². The van der Waals surface area contributed by atoms with E-state index in [0.29, 0.717) is 11.5 Å². The average molecular weight is 221 g/mol. The molecule has 1 aromatic rings. The normalized spacial score (nSPS) is 25.1. The summed E-state index contributed by atoms with van der Waals surface area (Å²) in [5, 5.41) is 3.51. The number of benzene rings is 1. The van der Waals surface area contributed by atoms with Gasteiger partial charge < -0.3 is 5.32 Å². The Hall–Kier alpha value is -0.890. The lowest BCUT2D eigenvalue weighted by Gasteiger charge is -2.21. The van der Waals surface area contributed by atoms with Crippen molar-refractivity contribution in [2.45, 2.75) is 39.2 Å². The van der Waals surface area contributed by atoms with Crippen LogP contribution in [0.15, 0.2) is 24.3 Å². The van der Waals surface area contributed by atoms with Gasteiger partial charge in [-0.05, 0) is 48.9 Å². The lowest BCUT2D eigenvalue weighted by molar-refractivity contribution is 0.320. The van der Waals surface area contributed by atoms with Crippen LogP contribution in [-0.4, -0.2) is 6.54 Å². The van der Waals surface area contributed by atoms with Gasteiger partial charge in [0.25, 0.3) is 0 Å². The molecule has 1 aliphatic heterocycles. The second-order valence-corrected chi connectivity index (χ2v) is 5.51. The van der Waals surface area contributed by atoms with Crippen LogP contribution in [-0.2, 0) is 0 Å². The minimum absolute atomic E-state index is 0.136. The molecule has 0 radical (unpaired) electrons. The second kappa shape index (κ2) is 4.54. The molecular formula is C14H20FN. The van der Waals surface area contributed by atoms with E-state index in [9.17, 15) is 4.39 Å². The molecule has 1 heterocycles. The van der Waals surface area contributed by atoms with Gasteiger partial charge in [-0.3, -0.25) is 0 Å². The van der Waals surface area contributed by atoms with E-state index in [0.717, 1.165) is 18.5 Å². The molecule has 1 saturated heterocycles.